The van der Waals surface area contributed by atoms with Crippen molar-refractivity contribution in [1.29, 1.82) is 0 Å². The average Bonchev–Trinajstić information content (AvgIpc) is 3.41. The third kappa shape index (κ3) is 7.30. The van der Waals surface area contributed by atoms with Crippen molar-refractivity contribution in [2.75, 3.05) is 44.7 Å². The summed E-state index contributed by atoms with van der Waals surface area (Å²) >= 11 is 1.81. The maximum Gasteiger partial charge on any atom is 0.191 e. The molecule has 1 saturated heterocycles. The van der Waals surface area contributed by atoms with Crippen LogP contribution < -0.4 is 20.3 Å². The monoisotopic (exact) mass is 543 g/mol. The molecule has 0 aliphatic carbocycles. The molecule has 2 aromatic rings. The minimum absolute atomic E-state index is 0. The van der Waals surface area contributed by atoms with Gasteiger partial charge >= 0.3 is 0 Å². The number of benzene rings is 1. The molecule has 0 spiro atoms. The summed E-state index contributed by atoms with van der Waals surface area (Å²) in [5.41, 5.74) is 1.23. The van der Waals surface area contributed by atoms with E-state index in [2.05, 4.69) is 52.6 Å². The van der Waals surface area contributed by atoms with Crippen LogP contribution in [0.5, 0.6) is 5.75 Å². The molecule has 1 aromatic carbocycles. The lowest BCUT2D eigenvalue weighted by atomic mass is 10.1. The summed E-state index contributed by atoms with van der Waals surface area (Å²) in [6.07, 6.45) is 5.15. The van der Waals surface area contributed by atoms with Crippen LogP contribution in [0, 0.1) is 5.92 Å². The molecule has 8 heteroatoms. The van der Waals surface area contributed by atoms with Gasteiger partial charge in [0, 0.05) is 62.0 Å². The molecule has 1 aliphatic heterocycles. The molecular weight excluding hydrogens is 509 g/mol. The van der Waals surface area contributed by atoms with Crippen molar-refractivity contribution in [2.24, 2.45) is 10.9 Å². The highest BCUT2D eigenvalue weighted by molar-refractivity contribution is 14.0. The molecule has 30 heavy (non-hydrogen) atoms. The van der Waals surface area contributed by atoms with E-state index in [1.54, 1.807) is 18.4 Å². The highest BCUT2D eigenvalue weighted by Gasteiger charge is 2.22. The van der Waals surface area contributed by atoms with Crippen LogP contribution >= 0.6 is 35.3 Å². The first-order chi connectivity index (χ1) is 14.2. The number of ether oxygens (including phenoxy) is 1. The Morgan fingerprint density at radius 3 is 2.93 bits per heavy atom. The summed E-state index contributed by atoms with van der Waals surface area (Å²) in [6.45, 7) is 8.94. The van der Waals surface area contributed by atoms with E-state index in [-0.39, 0.29) is 24.0 Å². The number of aliphatic imine (C=N–C) groups is 1. The molecule has 2 heterocycles. The van der Waals surface area contributed by atoms with Gasteiger partial charge in [-0.2, -0.15) is 0 Å². The molecule has 166 valence electrons. The first kappa shape index (κ1) is 24.7. The van der Waals surface area contributed by atoms with Gasteiger partial charge in [-0.1, -0.05) is 13.0 Å². The van der Waals surface area contributed by atoms with Crippen molar-refractivity contribution in [1.82, 2.24) is 15.6 Å². The number of guanidine groups is 1. The van der Waals surface area contributed by atoms with Crippen molar-refractivity contribution < 1.29 is 4.74 Å². The van der Waals surface area contributed by atoms with E-state index >= 15 is 0 Å². The second kappa shape index (κ2) is 13.0. The second-order valence-electron chi connectivity index (χ2n) is 7.27. The number of nitrogens with zero attached hydrogens (tertiary/aromatic N) is 3. The lowest BCUT2D eigenvalue weighted by molar-refractivity contribution is 0.415. The van der Waals surface area contributed by atoms with Crippen LogP contribution in [0.15, 0.2) is 35.5 Å². The lowest BCUT2D eigenvalue weighted by Gasteiger charge is -2.19. The Kier molecular flexibility index (Phi) is 10.7. The van der Waals surface area contributed by atoms with Crippen molar-refractivity contribution in [3.05, 3.63) is 40.3 Å². The van der Waals surface area contributed by atoms with Crippen LogP contribution in [0.1, 0.15) is 30.2 Å². The smallest absolute Gasteiger partial charge is 0.191 e. The van der Waals surface area contributed by atoms with Crippen molar-refractivity contribution in [3.63, 3.8) is 0 Å². The van der Waals surface area contributed by atoms with Crippen LogP contribution in [-0.2, 0) is 12.8 Å². The molecule has 0 amide bonds. The van der Waals surface area contributed by atoms with E-state index in [0.29, 0.717) is 5.92 Å². The number of aryl methyl sites for hydroxylation is 1. The number of hydrogen-bond acceptors (Lipinski definition) is 5. The summed E-state index contributed by atoms with van der Waals surface area (Å²) in [6, 6.07) is 8.31. The molecule has 6 nitrogen and oxygen atoms in total. The maximum atomic E-state index is 5.36. The fraction of sp³-hybridized carbons (Fsp3) is 0.545. The number of halogens is 1. The quantitative estimate of drug-likeness (QED) is 0.285. The van der Waals surface area contributed by atoms with Crippen LogP contribution in [0.4, 0.5) is 5.69 Å². The molecule has 0 radical (unpaired) electrons. The van der Waals surface area contributed by atoms with Crippen molar-refractivity contribution >= 4 is 47.0 Å². The van der Waals surface area contributed by atoms with Gasteiger partial charge in [-0.3, -0.25) is 4.99 Å². The molecule has 0 bridgehead atoms. The van der Waals surface area contributed by atoms with Gasteiger partial charge in [0.25, 0.3) is 0 Å². The Bertz CT molecular complexity index is 797. The van der Waals surface area contributed by atoms with Crippen LogP contribution in [0.3, 0.4) is 0 Å². The number of thiazole rings is 1. The number of hydrogen-bond donors (Lipinski definition) is 2. The SMILES string of the molecule is CCNC(=NCC1CCN(c2cccc(OC)c2)C1)NCCc1ncc(CC)s1.I. The first-order valence-electron chi connectivity index (χ1n) is 10.6. The average molecular weight is 544 g/mol. The van der Waals surface area contributed by atoms with Gasteiger partial charge in [-0.15, -0.1) is 35.3 Å². The zero-order valence-electron chi connectivity index (χ0n) is 18.2. The minimum atomic E-state index is 0. The Labute approximate surface area is 201 Å². The first-order valence-corrected chi connectivity index (χ1v) is 11.4. The number of aromatic nitrogens is 1. The zero-order chi connectivity index (χ0) is 20.5. The normalized spacial score (nSPS) is 16.3. The number of rotatable bonds is 9. The van der Waals surface area contributed by atoms with Gasteiger partial charge in [0.2, 0.25) is 0 Å². The van der Waals surface area contributed by atoms with E-state index in [1.165, 1.54) is 22.0 Å². The van der Waals surface area contributed by atoms with Gasteiger partial charge in [-0.25, -0.2) is 4.98 Å². The van der Waals surface area contributed by atoms with Gasteiger partial charge in [-0.05, 0) is 37.8 Å². The summed E-state index contributed by atoms with van der Waals surface area (Å²) in [5.74, 6) is 2.39. The van der Waals surface area contributed by atoms with E-state index in [0.717, 1.165) is 57.3 Å². The van der Waals surface area contributed by atoms with Crippen LogP contribution in [0.2, 0.25) is 0 Å². The number of anilines is 1. The molecular formula is C22H34IN5OS. The van der Waals surface area contributed by atoms with Gasteiger partial charge in [0.05, 0.1) is 12.1 Å². The summed E-state index contributed by atoms with van der Waals surface area (Å²) in [5, 5.41) is 8.00. The highest BCUT2D eigenvalue weighted by atomic mass is 127. The van der Waals surface area contributed by atoms with Gasteiger partial charge in [0.15, 0.2) is 5.96 Å². The molecule has 1 atom stereocenters. The Balaban J connectivity index is 0.00000320. The predicted octanol–water partition coefficient (Wildman–Crippen LogP) is 3.96. The Hall–Kier alpha value is -1.55. The minimum Gasteiger partial charge on any atom is -0.497 e. The van der Waals surface area contributed by atoms with E-state index in [9.17, 15) is 0 Å². The third-order valence-corrected chi connectivity index (χ3v) is 6.34. The third-order valence-electron chi connectivity index (χ3n) is 5.14. The second-order valence-corrected chi connectivity index (χ2v) is 8.47. The van der Waals surface area contributed by atoms with E-state index in [4.69, 9.17) is 9.73 Å². The number of nitrogens with one attached hydrogen (secondary N) is 2. The summed E-state index contributed by atoms with van der Waals surface area (Å²) < 4.78 is 5.36. The topological polar surface area (TPSA) is 61.8 Å². The molecule has 2 N–H and O–H groups in total. The maximum absolute atomic E-state index is 5.36. The predicted molar refractivity (Wildman–Crippen MR) is 138 cm³/mol. The molecule has 0 saturated carbocycles. The summed E-state index contributed by atoms with van der Waals surface area (Å²) in [4.78, 5) is 13.1. The van der Waals surface area contributed by atoms with Crippen LogP contribution in [-0.4, -0.2) is 50.8 Å². The van der Waals surface area contributed by atoms with E-state index < -0.39 is 0 Å². The van der Waals surface area contributed by atoms with Crippen LogP contribution in [0.25, 0.3) is 0 Å². The lowest BCUT2D eigenvalue weighted by Crippen LogP contribution is -2.38. The van der Waals surface area contributed by atoms with Gasteiger partial charge in [0.1, 0.15) is 5.75 Å². The summed E-state index contributed by atoms with van der Waals surface area (Å²) in [7, 11) is 1.72. The van der Waals surface area contributed by atoms with Crippen molar-refractivity contribution in [3.8, 4) is 5.75 Å². The highest BCUT2D eigenvalue weighted by Crippen LogP contribution is 2.27. The van der Waals surface area contributed by atoms with Crippen molar-refractivity contribution in [2.45, 2.75) is 33.1 Å². The fourth-order valence-electron chi connectivity index (χ4n) is 3.50. The molecule has 3 rings (SSSR count). The largest absolute Gasteiger partial charge is 0.497 e. The molecule has 1 aromatic heterocycles. The van der Waals surface area contributed by atoms with Gasteiger partial charge < -0.3 is 20.3 Å². The fourth-order valence-corrected chi connectivity index (χ4v) is 4.36. The van der Waals surface area contributed by atoms with E-state index in [1.807, 2.05) is 12.3 Å². The molecule has 1 unspecified atom stereocenters. The molecule has 1 fully saturated rings. The Morgan fingerprint density at radius 2 is 2.20 bits per heavy atom. The Morgan fingerprint density at radius 1 is 1.33 bits per heavy atom. The zero-order valence-corrected chi connectivity index (χ0v) is 21.3. The standard InChI is InChI=1S/C22H33N5OS.HI/c1-4-20-15-25-21(29-20)9-11-24-22(23-5-2)26-14-17-10-12-27(16-17)18-7-6-8-19(13-18)28-3;/h6-8,13,15,17H,4-5,9-12,14,16H2,1-3H3,(H2,23,24,26);1H. The number of methoxy groups -OCH3 is 1. The molecule has 1 aliphatic rings.